The predicted octanol–water partition coefficient (Wildman–Crippen LogP) is 5.22. The third kappa shape index (κ3) is 4.95. The number of nitrogens with zero attached hydrogens (tertiary/aromatic N) is 1. The molecule has 0 unspecified atom stereocenters. The number of rotatable bonds is 8. The second kappa shape index (κ2) is 9.14. The molecule has 3 rings (SSSR count). The first-order chi connectivity index (χ1) is 13.1. The van der Waals surface area contributed by atoms with Crippen molar-refractivity contribution < 1.29 is 14.2 Å². The summed E-state index contributed by atoms with van der Waals surface area (Å²) in [5.41, 5.74) is 2.62. The molecular formula is C23H31NO3. The lowest BCUT2D eigenvalue weighted by molar-refractivity contribution is 0.222. The van der Waals surface area contributed by atoms with Crippen molar-refractivity contribution in [1.82, 2.24) is 4.90 Å². The van der Waals surface area contributed by atoms with Crippen molar-refractivity contribution in [3.05, 3.63) is 53.6 Å². The van der Waals surface area contributed by atoms with Crippen LogP contribution in [0.2, 0.25) is 0 Å². The maximum absolute atomic E-state index is 5.88. The van der Waals surface area contributed by atoms with Gasteiger partial charge >= 0.3 is 0 Å². The van der Waals surface area contributed by atoms with E-state index in [1.54, 1.807) is 7.11 Å². The van der Waals surface area contributed by atoms with Gasteiger partial charge in [-0.25, -0.2) is 0 Å². The SMILES string of the molecule is CCOc1cc(CN2CCC[C@H]2c2ccc(OC)cc2)ccc1OC(C)C. The summed E-state index contributed by atoms with van der Waals surface area (Å²) in [6.45, 7) is 8.74. The van der Waals surface area contributed by atoms with Gasteiger partial charge in [-0.05, 0) is 75.5 Å². The van der Waals surface area contributed by atoms with E-state index in [2.05, 4.69) is 41.3 Å². The maximum atomic E-state index is 5.88. The summed E-state index contributed by atoms with van der Waals surface area (Å²) >= 11 is 0. The molecule has 146 valence electrons. The molecule has 0 radical (unpaired) electrons. The Labute approximate surface area is 163 Å². The third-order valence-corrected chi connectivity index (χ3v) is 4.92. The van der Waals surface area contributed by atoms with Crippen LogP contribution in [0, 0.1) is 0 Å². The molecule has 1 fully saturated rings. The van der Waals surface area contributed by atoms with Gasteiger partial charge in [-0.15, -0.1) is 0 Å². The molecule has 1 aliphatic heterocycles. The number of likely N-dealkylation sites (tertiary alicyclic amines) is 1. The Morgan fingerprint density at radius 1 is 1.07 bits per heavy atom. The van der Waals surface area contributed by atoms with E-state index in [1.807, 2.05) is 26.8 Å². The molecule has 0 amide bonds. The van der Waals surface area contributed by atoms with Crippen LogP contribution in [0.5, 0.6) is 17.2 Å². The Morgan fingerprint density at radius 2 is 1.85 bits per heavy atom. The molecule has 1 aliphatic rings. The number of benzene rings is 2. The molecule has 0 bridgehead atoms. The van der Waals surface area contributed by atoms with Gasteiger partial charge in [0.25, 0.3) is 0 Å². The van der Waals surface area contributed by atoms with Crippen LogP contribution >= 0.6 is 0 Å². The fourth-order valence-electron chi connectivity index (χ4n) is 3.72. The lowest BCUT2D eigenvalue weighted by Crippen LogP contribution is -2.22. The quantitative estimate of drug-likeness (QED) is 0.638. The van der Waals surface area contributed by atoms with Gasteiger partial charge in [-0.2, -0.15) is 0 Å². The Balaban J connectivity index is 1.75. The summed E-state index contributed by atoms with van der Waals surface area (Å²) in [5.74, 6) is 2.57. The highest BCUT2D eigenvalue weighted by molar-refractivity contribution is 5.43. The second-order valence-electron chi connectivity index (χ2n) is 7.28. The molecule has 2 aromatic carbocycles. The van der Waals surface area contributed by atoms with E-state index in [0.717, 1.165) is 30.3 Å². The van der Waals surface area contributed by atoms with Crippen LogP contribution < -0.4 is 14.2 Å². The van der Waals surface area contributed by atoms with Crippen LogP contribution in [0.15, 0.2) is 42.5 Å². The van der Waals surface area contributed by atoms with Gasteiger partial charge in [0.1, 0.15) is 5.75 Å². The van der Waals surface area contributed by atoms with Gasteiger partial charge in [0, 0.05) is 12.6 Å². The zero-order valence-corrected chi connectivity index (χ0v) is 16.9. The van der Waals surface area contributed by atoms with E-state index in [9.17, 15) is 0 Å². The fraction of sp³-hybridized carbons (Fsp3) is 0.478. The monoisotopic (exact) mass is 369 g/mol. The zero-order valence-electron chi connectivity index (χ0n) is 16.9. The first-order valence-electron chi connectivity index (χ1n) is 9.91. The van der Waals surface area contributed by atoms with E-state index in [0.29, 0.717) is 12.6 Å². The first kappa shape index (κ1) is 19.6. The van der Waals surface area contributed by atoms with Crippen LogP contribution in [0.25, 0.3) is 0 Å². The van der Waals surface area contributed by atoms with Gasteiger partial charge in [-0.1, -0.05) is 18.2 Å². The molecule has 1 heterocycles. The van der Waals surface area contributed by atoms with Crippen molar-refractivity contribution in [2.45, 2.75) is 52.3 Å². The lowest BCUT2D eigenvalue weighted by atomic mass is 10.0. The molecule has 4 heteroatoms. The molecule has 2 aromatic rings. The smallest absolute Gasteiger partial charge is 0.161 e. The molecule has 0 aromatic heterocycles. The molecule has 0 N–H and O–H groups in total. The van der Waals surface area contributed by atoms with Crippen molar-refractivity contribution in [3.8, 4) is 17.2 Å². The first-order valence-corrected chi connectivity index (χ1v) is 9.91. The van der Waals surface area contributed by atoms with Crippen molar-refractivity contribution >= 4 is 0 Å². The topological polar surface area (TPSA) is 30.9 Å². The van der Waals surface area contributed by atoms with Crippen molar-refractivity contribution in [2.75, 3.05) is 20.3 Å². The minimum Gasteiger partial charge on any atom is -0.497 e. The molecule has 1 atom stereocenters. The van der Waals surface area contributed by atoms with Gasteiger partial charge in [0.2, 0.25) is 0 Å². The predicted molar refractivity (Wildman–Crippen MR) is 109 cm³/mol. The van der Waals surface area contributed by atoms with E-state index in [-0.39, 0.29) is 6.10 Å². The Kier molecular flexibility index (Phi) is 6.62. The summed E-state index contributed by atoms with van der Waals surface area (Å²) < 4.78 is 17.0. The van der Waals surface area contributed by atoms with Crippen LogP contribution in [-0.2, 0) is 6.54 Å². The summed E-state index contributed by atoms with van der Waals surface area (Å²) in [6, 6.07) is 15.3. The Bertz CT molecular complexity index is 727. The molecule has 4 nitrogen and oxygen atoms in total. The van der Waals surface area contributed by atoms with E-state index < -0.39 is 0 Å². The second-order valence-corrected chi connectivity index (χ2v) is 7.28. The summed E-state index contributed by atoms with van der Waals surface area (Å²) in [7, 11) is 1.71. The third-order valence-electron chi connectivity index (χ3n) is 4.92. The standard InChI is InChI=1S/C23H31NO3/c1-5-26-23-15-18(8-13-22(23)27-17(2)3)16-24-14-6-7-21(24)19-9-11-20(25-4)12-10-19/h8-13,15,17,21H,5-7,14,16H2,1-4H3/t21-/m0/s1. The summed E-state index contributed by atoms with van der Waals surface area (Å²) in [6.07, 6.45) is 2.55. The molecule has 0 aliphatic carbocycles. The van der Waals surface area contributed by atoms with Crippen LogP contribution in [-0.4, -0.2) is 31.3 Å². The highest BCUT2D eigenvalue weighted by atomic mass is 16.5. The Morgan fingerprint density at radius 3 is 2.52 bits per heavy atom. The molecule has 0 spiro atoms. The van der Waals surface area contributed by atoms with Crippen molar-refractivity contribution in [1.29, 1.82) is 0 Å². The molecule has 1 saturated heterocycles. The Hall–Kier alpha value is -2.20. The molecule has 27 heavy (non-hydrogen) atoms. The normalized spacial score (nSPS) is 17.3. The van der Waals surface area contributed by atoms with Gasteiger partial charge in [-0.3, -0.25) is 4.90 Å². The van der Waals surface area contributed by atoms with Gasteiger partial charge in [0.05, 0.1) is 19.8 Å². The average molecular weight is 370 g/mol. The van der Waals surface area contributed by atoms with Gasteiger partial charge in [0.15, 0.2) is 11.5 Å². The lowest BCUT2D eigenvalue weighted by Gasteiger charge is -2.25. The summed E-state index contributed by atoms with van der Waals surface area (Å²) in [5, 5.41) is 0. The number of hydrogen-bond donors (Lipinski definition) is 0. The van der Waals surface area contributed by atoms with Crippen molar-refractivity contribution in [3.63, 3.8) is 0 Å². The minimum atomic E-state index is 0.132. The maximum Gasteiger partial charge on any atom is 0.161 e. The zero-order chi connectivity index (χ0) is 19.2. The fourth-order valence-corrected chi connectivity index (χ4v) is 3.72. The molecule has 0 saturated carbocycles. The van der Waals surface area contributed by atoms with E-state index >= 15 is 0 Å². The average Bonchev–Trinajstić information content (AvgIpc) is 3.12. The van der Waals surface area contributed by atoms with E-state index in [1.165, 1.54) is 24.0 Å². The number of hydrogen-bond acceptors (Lipinski definition) is 4. The van der Waals surface area contributed by atoms with Crippen molar-refractivity contribution in [2.24, 2.45) is 0 Å². The molecular weight excluding hydrogens is 338 g/mol. The van der Waals surface area contributed by atoms with Gasteiger partial charge < -0.3 is 14.2 Å². The summed E-state index contributed by atoms with van der Waals surface area (Å²) in [4.78, 5) is 2.55. The number of methoxy groups -OCH3 is 1. The van der Waals surface area contributed by atoms with Crippen LogP contribution in [0.1, 0.15) is 50.8 Å². The van der Waals surface area contributed by atoms with Crippen LogP contribution in [0.3, 0.4) is 0 Å². The minimum absolute atomic E-state index is 0.132. The number of ether oxygens (including phenoxy) is 3. The van der Waals surface area contributed by atoms with E-state index in [4.69, 9.17) is 14.2 Å². The highest BCUT2D eigenvalue weighted by Gasteiger charge is 2.26. The largest absolute Gasteiger partial charge is 0.497 e. The van der Waals surface area contributed by atoms with Crippen LogP contribution in [0.4, 0.5) is 0 Å². The highest BCUT2D eigenvalue weighted by Crippen LogP contribution is 2.35.